The highest BCUT2D eigenvalue weighted by atomic mass is 79.9. The highest BCUT2D eigenvalue weighted by Crippen LogP contribution is 2.15. The van der Waals surface area contributed by atoms with E-state index in [9.17, 15) is 0 Å². The van der Waals surface area contributed by atoms with Gasteiger partial charge in [-0.05, 0) is 12.8 Å². The molecule has 0 N–H and O–H groups in total. The number of hydrogen-bond donors (Lipinski definition) is 0. The van der Waals surface area contributed by atoms with Crippen molar-refractivity contribution in [1.82, 2.24) is 0 Å². The lowest BCUT2D eigenvalue weighted by Gasteiger charge is -2.13. The molecule has 0 aromatic carbocycles. The summed E-state index contributed by atoms with van der Waals surface area (Å²) in [7, 11) is -0.347. The number of alkyl halides is 2. The third-order valence-electron chi connectivity index (χ3n) is 2.46. The predicted molar refractivity (Wildman–Crippen MR) is 73.3 cm³/mol. The number of halogens is 2. The molecule has 0 fully saturated rings. The summed E-state index contributed by atoms with van der Waals surface area (Å²) in [5, 5.41) is 2.41. The fourth-order valence-corrected chi connectivity index (χ4v) is 6.91. The van der Waals surface area contributed by atoms with Crippen LogP contribution in [0.3, 0.4) is 0 Å². The SMILES string of the molecule is CCCC[SiH](CCCBr)CCCBr. The second-order valence-corrected chi connectivity index (χ2v) is 8.72. The maximum absolute atomic E-state index is 3.53. The van der Waals surface area contributed by atoms with Gasteiger partial charge < -0.3 is 0 Å². The third kappa shape index (κ3) is 9.48. The van der Waals surface area contributed by atoms with Crippen LogP contribution in [0.4, 0.5) is 0 Å². The van der Waals surface area contributed by atoms with Crippen LogP contribution in [0.2, 0.25) is 18.1 Å². The summed E-state index contributed by atoms with van der Waals surface area (Å²) < 4.78 is 0. The van der Waals surface area contributed by atoms with Crippen LogP contribution in [-0.2, 0) is 0 Å². The summed E-state index contributed by atoms with van der Waals surface area (Å²) >= 11 is 7.05. The van der Waals surface area contributed by atoms with Crippen molar-refractivity contribution < 1.29 is 0 Å². The normalized spacial score (nSPS) is 11.1. The van der Waals surface area contributed by atoms with Gasteiger partial charge in [0.05, 0.1) is 0 Å². The highest BCUT2D eigenvalue weighted by molar-refractivity contribution is 9.09. The summed E-state index contributed by atoms with van der Waals surface area (Å²) in [4.78, 5) is 0. The molecule has 0 aromatic rings. The van der Waals surface area contributed by atoms with E-state index in [0.29, 0.717) is 0 Å². The van der Waals surface area contributed by atoms with E-state index in [4.69, 9.17) is 0 Å². The first-order valence-corrected chi connectivity index (χ1v) is 10.2. The van der Waals surface area contributed by atoms with E-state index in [2.05, 4.69) is 38.8 Å². The van der Waals surface area contributed by atoms with Gasteiger partial charge >= 0.3 is 0 Å². The van der Waals surface area contributed by atoms with Gasteiger partial charge in [0.1, 0.15) is 0 Å². The number of rotatable bonds is 9. The average molecular weight is 330 g/mol. The van der Waals surface area contributed by atoms with E-state index in [1.165, 1.54) is 36.3 Å². The fourth-order valence-electron chi connectivity index (χ4n) is 1.66. The van der Waals surface area contributed by atoms with E-state index >= 15 is 0 Å². The zero-order valence-electron chi connectivity index (χ0n) is 8.70. The molecule has 0 rings (SSSR count). The average Bonchev–Trinajstić information content (AvgIpc) is 2.17. The Kier molecular flexibility index (Phi) is 12.3. The van der Waals surface area contributed by atoms with Gasteiger partial charge in [0, 0.05) is 19.5 Å². The summed E-state index contributed by atoms with van der Waals surface area (Å²) in [6.07, 6.45) is 5.67. The van der Waals surface area contributed by atoms with Crippen LogP contribution < -0.4 is 0 Å². The van der Waals surface area contributed by atoms with Crippen molar-refractivity contribution >= 4 is 40.7 Å². The van der Waals surface area contributed by atoms with Crippen molar-refractivity contribution in [3.8, 4) is 0 Å². The molecule has 0 aliphatic rings. The molecule has 0 bridgehead atoms. The molecule has 0 nitrogen and oxygen atoms in total. The van der Waals surface area contributed by atoms with Gasteiger partial charge in [-0.15, -0.1) is 0 Å². The molecule has 0 radical (unpaired) electrons. The van der Waals surface area contributed by atoms with Crippen molar-refractivity contribution in [1.29, 1.82) is 0 Å². The molecule has 0 aliphatic heterocycles. The second-order valence-electron chi connectivity index (χ2n) is 3.67. The molecule has 0 spiro atoms. The molecule has 0 saturated heterocycles. The van der Waals surface area contributed by atoms with Gasteiger partial charge in [-0.3, -0.25) is 0 Å². The van der Waals surface area contributed by atoms with Gasteiger partial charge in [-0.25, -0.2) is 0 Å². The van der Waals surface area contributed by atoms with E-state index in [1.807, 2.05) is 0 Å². The fraction of sp³-hybridized carbons (Fsp3) is 1.00. The molecular formula is C10H22Br2Si. The van der Waals surface area contributed by atoms with Crippen molar-refractivity contribution in [2.24, 2.45) is 0 Å². The summed E-state index contributed by atoms with van der Waals surface area (Å²) in [6.45, 7) is 2.31. The first-order valence-electron chi connectivity index (χ1n) is 5.47. The Labute approximate surface area is 102 Å². The smallest absolute Gasteiger partial charge is 0.0368 e. The first kappa shape index (κ1) is 14.2. The quantitative estimate of drug-likeness (QED) is 0.429. The monoisotopic (exact) mass is 328 g/mol. The van der Waals surface area contributed by atoms with Crippen LogP contribution in [0.1, 0.15) is 32.6 Å². The third-order valence-corrected chi connectivity index (χ3v) is 7.25. The predicted octanol–water partition coefficient (Wildman–Crippen LogP) is 4.58. The summed E-state index contributed by atoms with van der Waals surface area (Å²) in [5.41, 5.74) is 0. The van der Waals surface area contributed by atoms with Gasteiger partial charge in [0.25, 0.3) is 0 Å². The lowest BCUT2D eigenvalue weighted by atomic mass is 10.4. The zero-order chi connectivity index (χ0) is 9.94. The highest BCUT2D eigenvalue weighted by Gasteiger charge is 2.08. The lowest BCUT2D eigenvalue weighted by Crippen LogP contribution is -2.12. The molecular weight excluding hydrogens is 308 g/mol. The Morgan fingerprint density at radius 1 is 0.846 bits per heavy atom. The van der Waals surface area contributed by atoms with Crippen molar-refractivity contribution in [3.05, 3.63) is 0 Å². The zero-order valence-corrected chi connectivity index (χ0v) is 13.0. The molecule has 13 heavy (non-hydrogen) atoms. The summed E-state index contributed by atoms with van der Waals surface area (Å²) in [5.74, 6) is 0. The molecule has 0 saturated carbocycles. The topological polar surface area (TPSA) is 0 Å². The van der Waals surface area contributed by atoms with Gasteiger partial charge in [-0.2, -0.15) is 0 Å². The van der Waals surface area contributed by atoms with Crippen LogP contribution in [0.5, 0.6) is 0 Å². The first-order chi connectivity index (χ1) is 6.35. The van der Waals surface area contributed by atoms with Gasteiger partial charge in [-0.1, -0.05) is 69.8 Å². The Morgan fingerprint density at radius 2 is 1.31 bits per heavy atom. The second kappa shape index (κ2) is 11.3. The molecule has 80 valence electrons. The van der Waals surface area contributed by atoms with Crippen molar-refractivity contribution in [3.63, 3.8) is 0 Å². The summed E-state index contributed by atoms with van der Waals surface area (Å²) in [6, 6.07) is 4.69. The van der Waals surface area contributed by atoms with Gasteiger partial charge in [0.15, 0.2) is 0 Å². The minimum atomic E-state index is -0.347. The number of hydrogen-bond acceptors (Lipinski definition) is 0. The molecule has 0 amide bonds. The largest absolute Gasteiger partial charge is 0.0928 e. The molecule has 0 atom stereocenters. The maximum Gasteiger partial charge on any atom is 0.0368 e. The lowest BCUT2D eigenvalue weighted by molar-refractivity contribution is 0.858. The minimum absolute atomic E-state index is 0.347. The van der Waals surface area contributed by atoms with Crippen LogP contribution in [-0.4, -0.2) is 19.5 Å². The van der Waals surface area contributed by atoms with Crippen LogP contribution in [0.15, 0.2) is 0 Å². The minimum Gasteiger partial charge on any atom is -0.0928 e. The Morgan fingerprint density at radius 3 is 1.69 bits per heavy atom. The molecule has 0 heterocycles. The Balaban J connectivity index is 3.47. The van der Waals surface area contributed by atoms with E-state index in [1.54, 1.807) is 18.1 Å². The van der Waals surface area contributed by atoms with Crippen LogP contribution >= 0.6 is 31.9 Å². The van der Waals surface area contributed by atoms with Crippen molar-refractivity contribution in [2.45, 2.75) is 50.7 Å². The molecule has 0 aliphatic carbocycles. The molecule has 3 heteroatoms. The maximum atomic E-state index is 3.53. The molecule has 0 unspecified atom stereocenters. The Hall–Kier alpha value is 1.18. The van der Waals surface area contributed by atoms with Crippen LogP contribution in [0.25, 0.3) is 0 Å². The van der Waals surface area contributed by atoms with Crippen molar-refractivity contribution in [2.75, 3.05) is 10.7 Å². The van der Waals surface area contributed by atoms with E-state index in [-0.39, 0.29) is 8.80 Å². The van der Waals surface area contributed by atoms with E-state index < -0.39 is 0 Å². The number of unbranched alkanes of at least 4 members (excludes halogenated alkanes) is 1. The standard InChI is InChI=1S/C10H22Br2Si/c1-2-3-8-13(9-4-6-11)10-5-7-12/h13H,2-10H2,1H3. The molecule has 0 aromatic heterocycles. The van der Waals surface area contributed by atoms with E-state index in [0.717, 1.165) is 0 Å². The van der Waals surface area contributed by atoms with Crippen LogP contribution in [0, 0.1) is 0 Å². The Bertz CT molecular complexity index is 79.9. The van der Waals surface area contributed by atoms with Gasteiger partial charge in [0.2, 0.25) is 0 Å².